The third kappa shape index (κ3) is 4.23. The molecule has 0 aliphatic carbocycles. The van der Waals surface area contributed by atoms with Crippen LogP contribution in [0.25, 0.3) is 0 Å². The van der Waals surface area contributed by atoms with Crippen LogP contribution in [0.5, 0.6) is 5.75 Å². The summed E-state index contributed by atoms with van der Waals surface area (Å²) in [6, 6.07) is 8.81. The molecule has 0 aromatic heterocycles. The summed E-state index contributed by atoms with van der Waals surface area (Å²) in [5.74, 6) is 1.62. The summed E-state index contributed by atoms with van der Waals surface area (Å²) in [6.45, 7) is 10.3. The molecule has 0 saturated heterocycles. The molecule has 1 atom stereocenters. The molecule has 0 heterocycles. The molecule has 1 N–H and O–H groups in total. The zero-order valence-electron chi connectivity index (χ0n) is 10.8. The van der Waals surface area contributed by atoms with Crippen molar-refractivity contribution >= 4 is 0 Å². The lowest BCUT2D eigenvalue weighted by Crippen LogP contribution is -2.30. The van der Waals surface area contributed by atoms with E-state index in [0.717, 1.165) is 18.9 Å². The third-order valence-electron chi connectivity index (χ3n) is 2.84. The molecule has 1 rings (SSSR count). The van der Waals surface area contributed by atoms with Crippen molar-refractivity contribution in [2.24, 2.45) is 5.92 Å². The Kier molecular flexibility index (Phi) is 5.33. The molecule has 90 valence electrons. The summed E-state index contributed by atoms with van der Waals surface area (Å²) in [7, 11) is 0. The minimum Gasteiger partial charge on any atom is -0.494 e. The molecule has 0 radical (unpaired) electrons. The zero-order chi connectivity index (χ0) is 12.0. The van der Waals surface area contributed by atoms with E-state index in [1.165, 1.54) is 5.56 Å². The molecule has 0 amide bonds. The van der Waals surface area contributed by atoms with Crippen LogP contribution in [0, 0.1) is 5.92 Å². The molecule has 2 heteroatoms. The lowest BCUT2D eigenvalue weighted by Gasteiger charge is -2.17. The highest BCUT2D eigenvalue weighted by molar-refractivity contribution is 5.28. The number of ether oxygens (including phenoxy) is 1. The normalized spacial score (nSPS) is 12.8. The molecular weight excluding hydrogens is 198 g/mol. The monoisotopic (exact) mass is 221 g/mol. The second-order valence-electron chi connectivity index (χ2n) is 4.49. The second kappa shape index (κ2) is 6.54. The highest BCUT2D eigenvalue weighted by Crippen LogP contribution is 2.13. The molecule has 0 aliphatic heterocycles. The van der Waals surface area contributed by atoms with Crippen LogP contribution in [0.15, 0.2) is 24.3 Å². The maximum absolute atomic E-state index is 5.47. The summed E-state index contributed by atoms with van der Waals surface area (Å²) < 4.78 is 5.47. The van der Waals surface area contributed by atoms with Gasteiger partial charge < -0.3 is 10.1 Å². The van der Waals surface area contributed by atoms with Gasteiger partial charge in [-0.25, -0.2) is 0 Å². The lowest BCUT2D eigenvalue weighted by molar-refractivity contribution is 0.339. The van der Waals surface area contributed by atoms with E-state index in [1.807, 2.05) is 19.1 Å². The van der Waals surface area contributed by atoms with Crippen LogP contribution in [0.2, 0.25) is 0 Å². The Morgan fingerprint density at radius 3 is 2.62 bits per heavy atom. The first-order chi connectivity index (χ1) is 7.63. The van der Waals surface area contributed by atoms with Crippen LogP contribution in [-0.2, 0) is 6.54 Å². The van der Waals surface area contributed by atoms with Crippen molar-refractivity contribution in [1.82, 2.24) is 5.32 Å². The van der Waals surface area contributed by atoms with E-state index in [9.17, 15) is 0 Å². The fraction of sp³-hybridized carbons (Fsp3) is 0.571. The second-order valence-corrected chi connectivity index (χ2v) is 4.49. The van der Waals surface area contributed by atoms with Gasteiger partial charge in [0.2, 0.25) is 0 Å². The van der Waals surface area contributed by atoms with Crippen molar-refractivity contribution in [3.63, 3.8) is 0 Å². The Bertz CT molecular complexity index is 309. The number of benzene rings is 1. The summed E-state index contributed by atoms with van der Waals surface area (Å²) >= 11 is 0. The van der Waals surface area contributed by atoms with Crippen LogP contribution in [0.1, 0.15) is 33.3 Å². The predicted octanol–water partition coefficient (Wildman–Crippen LogP) is 3.22. The number of nitrogens with one attached hydrogen (secondary N) is 1. The molecule has 0 bridgehead atoms. The summed E-state index contributed by atoms with van der Waals surface area (Å²) in [4.78, 5) is 0. The standard InChI is InChI=1S/C14H23NO/c1-5-16-14-8-6-7-13(9-14)10-15-12(4)11(2)3/h6-9,11-12,15H,5,10H2,1-4H3. The molecule has 2 nitrogen and oxygen atoms in total. The maximum atomic E-state index is 5.47. The number of hydrogen-bond donors (Lipinski definition) is 1. The zero-order valence-corrected chi connectivity index (χ0v) is 10.8. The van der Waals surface area contributed by atoms with Gasteiger partial charge in [0, 0.05) is 12.6 Å². The fourth-order valence-electron chi connectivity index (χ4n) is 1.43. The van der Waals surface area contributed by atoms with Crippen molar-refractivity contribution in [2.45, 2.75) is 40.3 Å². The minimum absolute atomic E-state index is 0.538. The maximum Gasteiger partial charge on any atom is 0.119 e. The molecule has 1 aromatic carbocycles. The Balaban J connectivity index is 2.50. The molecule has 0 aliphatic rings. The van der Waals surface area contributed by atoms with Crippen molar-refractivity contribution < 1.29 is 4.74 Å². The van der Waals surface area contributed by atoms with Gasteiger partial charge in [-0.1, -0.05) is 26.0 Å². The highest BCUT2D eigenvalue weighted by atomic mass is 16.5. The molecule has 0 saturated carbocycles. The smallest absolute Gasteiger partial charge is 0.119 e. The first-order valence-electron chi connectivity index (χ1n) is 6.08. The Labute approximate surface area is 99.0 Å². The predicted molar refractivity (Wildman–Crippen MR) is 68.8 cm³/mol. The first kappa shape index (κ1) is 13.0. The first-order valence-corrected chi connectivity index (χ1v) is 6.08. The molecule has 0 fully saturated rings. The van der Waals surface area contributed by atoms with E-state index in [0.29, 0.717) is 12.0 Å². The fourth-order valence-corrected chi connectivity index (χ4v) is 1.43. The third-order valence-corrected chi connectivity index (χ3v) is 2.84. The van der Waals surface area contributed by atoms with Crippen molar-refractivity contribution in [1.29, 1.82) is 0 Å². The van der Waals surface area contributed by atoms with Gasteiger partial charge in [0.25, 0.3) is 0 Å². The van der Waals surface area contributed by atoms with Crippen molar-refractivity contribution in [3.05, 3.63) is 29.8 Å². The lowest BCUT2D eigenvalue weighted by atomic mass is 10.1. The highest BCUT2D eigenvalue weighted by Gasteiger charge is 2.05. The van der Waals surface area contributed by atoms with E-state index in [2.05, 4.69) is 38.2 Å². The van der Waals surface area contributed by atoms with Gasteiger partial charge in [0.15, 0.2) is 0 Å². The van der Waals surface area contributed by atoms with Gasteiger partial charge in [-0.2, -0.15) is 0 Å². The van der Waals surface area contributed by atoms with E-state index in [-0.39, 0.29) is 0 Å². The minimum atomic E-state index is 0.538. The molecule has 16 heavy (non-hydrogen) atoms. The molecular formula is C14H23NO. The van der Waals surface area contributed by atoms with Crippen LogP contribution in [0.3, 0.4) is 0 Å². The van der Waals surface area contributed by atoms with Crippen LogP contribution < -0.4 is 10.1 Å². The van der Waals surface area contributed by atoms with Crippen molar-refractivity contribution in [2.75, 3.05) is 6.61 Å². The van der Waals surface area contributed by atoms with Gasteiger partial charge in [-0.15, -0.1) is 0 Å². The summed E-state index contributed by atoms with van der Waals surface area (Å²) in [5.41, 5.74) is 1.28. The quantitative estimate of drug-likeness (QED) is 0.796. The van der Waals surface area contributed by atoms with Gasteiger partial charge in [-0.3, -0.25) is 0 Å². The van der Waals surface area contributed by atoms with Gasteiger partial charge in [0.1, 0.15) is 5.75 Å². The van der Waals surface area contributed by atoms with Crippen LogP contribution in [0.4, 0.5) is 0 Å². The van der Waals surface area contributed by atoms with Gasteiger partial charge in [-0.05, 0) is 37.5 Å². The molecule has 1 aromatic rings. The van der Waals surface area contributed by atoms with Gasteiger partial charge in [0.05, 0.1) is 6.61 Å². The SMILES string of the molecule is CCOc1cccc(CNC(C)C(C)C)c1. The Morgan fingerprint density at radius 1 is 1.25 bits per heavy atom. The number of rotatable bonds is 6. The topological polar surface area (TPSA) is 21.3 Å². The average molecular weight is 221 g/mol. The van der Waals surface area contributed by atoms with E-state index in [4.69, 9.17) is 4.74 Å². The van der Waals surface area contributed by atoms with Crippen LogP contribution >= 0.6 is 0 Å². The van der Waals surface area contributed by atoms with E-state index < -0.39 is 0 Å². The van der Waals surface area contributed by atoms with Crippen LogP contribution in [-0.4, -0.2) is 12.6 Å². The molecule has 0 spiro atoms. The van der Waals surface area contributed by atoms with E-state index in [1.54, 1.807) is 0 Å². The van der Waals surface area contributed by atoms with Crippen molar-refractivity contribution in [3.8, 4) is 5.75 Å². The van der Waals surface area contributed by atoms with E-state index >= 15 is 0 Å². The largest absolute Gasteiger partial charge is 0.494 e. The number of hydrogen-bond acceptors (Lipinski definition) is 2. The van der Waals surface area contributed by atoms with Gasteiger partial charge >= 0.3 is 0 Å². The Hall–Kier alpha value is -1.02. The molecule has 1 unspecified atom stereocenters. The summed E-state index contributed by atoms with van der Waals surface area (Å²) in [6.07, 6.45) is 0. The average Bonchev–Trinajstić information content (AvgIpc) is 2.26. The Morgan fingerprint density at radius 2 is 2.00 bits per heavy atom. The summed E-state index contributed by atoms with van der Waals surface area (Å²) in [5, 5.41) is 3.51.